The molecular formula is C10H9ClN2O3S. The van der Waals surface area contributed by atoms with E-state index in [1.807, 2.05) is 6.07 Å². The number of furan rings is 1. The largest absolute Gasteiger partial charge is 0.467 e. The summed E-state index contributed by atoms with van der Waals surface area (Å²) in [7, 11) is 1.30. The Morgan fingerprint density at radius 2 is 2.53 bits per heavy atom. The molecule has 2 heterocycles. The molecule has 0 amide bonds. The molecule has 0 radical (unpaired) electrons. The lowest BCUT2D eigenvalue weighted by atomic mass is 10.4. The van der Waals surface area contributed by atoms with Gasteiger partial charge in [-0.1, -0.05) is 22.9 Å². The molecule has 0 bridgehead atoms. The molecule has 0 aliphatic heterocycles. The average molecular weight is 273 g/mol. The molecule has 0 aliphatic rings. The molecule has 0 aromatic carbocycles. The van der Waals surface area contributed by atoms with E-state index in [9.17, 15) is 4.79 Å². The SMILES string of the molecule is COC(=O)c1sc(NCc2ccco2)nc1Cl. The first kappa shape index (κ1) is 11.9. The molecule has 0 unspecified atom stereocenters. The van der Waals surface area contributed by atoms with Crippen LogP contribution in [0.5, 0.6) is 0 Å². The average Bonchev–Trinajstić information content (AvgIpc) is 2.94. The van der Waals surface area contributed by atoms with Gasteiger partial charge in [-0.25, -0.2) is 9.78 Å². The van der Waals surface area contributed by atoms with Crippen LogP contribution in [0.15, 0.2) is 22.8 Å². The van der Waals surface area contributed by atoms with E-state index in [4.69, 9.17) is 16.0 Å². The van der Waals surface area contributed by atoms with Gasteiger partial charge in [0.25, 0.3) is 0 Å². The zero-order valence-corrected chi connectivity index (χ0v) is 10.5. The second-order valence-corrected chi connectivity index (χ2v) is 4.42. The van der Waals surface area contributed by atoms with Crippen LogP contribution < -0.4 is 5.32 Å². The van der Waals surface area contributed by atoms with Gasteiger partial charge < -0.3 is 14.5 Å². The van der Waals surface area contributed by atoms with Gasteiger partial charge in [0.05, 0.1) is 19.9 Å². The van der Waals surface area contributed by atoms with E-state index >= 15 is 0 Å². The second-order valence-electron chi connectivity index (χ2n) is 3.06. The second kappa shape index (κ2) is 5.20. The number of hydrogen-bond donors (Lipinski definition) is 1. The van der Waals surface area contributed by atoms with E-state index in [0.717, 1.165) is 17.1 Å². The van der Waals surface area contributed by atoms with Crippen LogP contribution in [0.25, 0.3) is 0 Å². The van der Waals surface area contributed by atoms with Crippen LogP contribution in [0.2, 0.25) is 5.15 Å². The summed E-state index contributed by atoms with van der Waals surface area (Å²) in [6.07, 6.45) is 1.59. The number of halogens is 1. The predicted molar refractivity (Wildman–Crippen MR) is 64.5 cm³/mol. The van der Waals surface area contributed by atoms with Gasteiger partial charge >= 0.3 is 5.97 Å². The van der Waals surface area contributed by atoms with Gasteiger partial charge in [0.1, 0.15) is 5.76 Å². The van der Waals surface area contributed by atoms with Gasteiger partial charge in [-0.15, -0.1) is 0 Å². The molecule has 17 heavy (non-hydrogen) atoms. The predicted octanol–water partition coefficient (Wildman–Crippen LogP) is 2.79. The molecule has 0 aliphatic carbocycles. The van der Waals surface area contributed by atoms with Crippen molar-refractivity contribution in [3.05, 3.63) is 34.2 Å². The lowest BCUT2D eigenvalue weighted by Gasteiger charge is -1.97. The number of nitrogens with zero attached hydrogens (tertiary/aromatic N) is 1. The molecule has 0 spiro atoms. The molecule has 2 aromatic heterocycles. The highest BCUT2D eigenvalue weighted by molar-refractivity contribution is 7.18. The summed E-state index contributed by atoms with van der Waals surface area (Å²) in [6, 6.07) is 3.63. The van der Waals surface area contributed by atoms with Crippen molar-refractivity contribution in [2.24, 2.45) is 0 Å². The smallest absolute Gasteiger partial charge is 0.351 e. The molecule has 0 atom stereocenters. The lowest BCUT2D eigenvalue weighted by Crippen LogP contribution is -1.98. The monoisotopic (exact) mass is 272 g/mol. The Balaban J connectivity index is 2.05. The number of nitrogens with one attached hydrogen (secondary N) is 1. The van der Waals surface area contributed by atoms with Crippen molar-refractivity contribution in [1.29, 1.82) is 0 Å². The van der Waals surface area contributed by atoms with Crippen LogP contribution in [0.3, 0.4) is 0 Å². The van der Waals surface area contributed by atoms with Gasteiger partial charge in [0.15, 0.2) is 15.2 Å². The molecule has 2 aromatic rings. The van der Waals surface area contributed by atoms with E-state index in [2.05, 4.69) is 15.0 Å². The third kappa shape index (κ3) is 2.78. The maximum Gasteiger partial charge on any atom is 0.351 e. The van der Waals surface area contributed by atoms with Crippen LogP contribution in [0.4, 0.5) is 5.13 Å². The number of ether oxygens (including phenoxy) is 1. The van der Waals surface area contributed by atoms with Gasteiger partial charge in [-0.3, -0.25) is 0 Å². The van der Waals surface area contributed by atoms with Crippen molar-refractivity contribution in [3.63, 3.8) is 0 Å². The van der Waals surface area contributed by atoms with Crippen molar-refractivity contribution in [1.82, 2.24) is 4.98 Å². The molecule has 5 nitrogen and oxygen atoms in total. The summed E-state index contributed by atoms with van der Waals surface area (Å²) < 4.78 is 9.73. The normalized spacial score (nSPS) is 10.2. The minimum Gasteiger partial charge on any atom is -0.467 e. The van der Waals surface area contributed by atoms with Crippen molar-refractivity contribution < 1.29 is 13.9 Å². The molecule has 7 heteroatoms. The van der Waals surface area contributed by atoms with Gasteiger partial charge in [-0.2, -0.15) is 0 Å². The number of carbonyl (C=O) groups excluding carboxylic acids is 1. The molecule has 1 N–H and O–H groups in total. The summed E-state index contributed by atoms with van der Waals surface area (Å²) in [4.78, 5) is 15.6. The van der Waals surface area contributed by atoms with Crippen LogP contribution in [0, 0.1) is 0 Å². The molecule has 0 saturated carbocycles. The minimum atomic E-state index is -0.487. The third-order valence-electron chi connectivity index (χ3n) is 1.95. The first-order chi connectivity index (χ1) is 8.20. The quantitative estimate of drug-likeness (QED) is 0.867. The Morgan fingerprint density at radius 3 is 3.18 bits per heavy atom. The maximum atomic E-state index is 11.3. The molecule has 90 valence electrons. The maximum absolute atomic E-state index is 11.3. The fraction of sp³-hybridized carbons (Fsp3) is 0.200. The van der Waals surface area contributed by atoms with Gasteiger partial charge in [0, 0.05) is 0 Å². The minimum absolute atomic E-state index is 0.142. The lowest BCUT2D eigenvalue weighted by molar-refractivity contribution is 0.0606. The fourth-order valence-corrected chi connectivity index (χ4v) is 2.27. The number of aromatic nitrogens is 1. The molecule has 0 fully saturated rings. The van der Waals surface area contributed by atoms with E-state index in [0.29, 0.717) is 11.7 Å². The Morgan fingerprint density at radius 1 is 1.71 bits per heavy atom. The standard InChI is InChI=1S/C10H9ClN2O3S/c1-15-9(14)7-8(11)13-10(17-7)12-5-6-3-2-4-16-6/h2-4H,5H2,1H3,(H,12,13). The summed E-state index contributed by atoms with van der Waals surface area (Å²) in [6.45, 7) is 0.484. The van der Waals surface area contributed by atoms with Crippen molar-refractivity contribution in [2.75, 3.05) is 12.4 Å². The first-order valence-electron chi connectivity index (χ1n) is 4.71. The molecule has 0 saturated heterocycles. The summed E-state index contributed by atoms with van der Waals surface area (Å²) in [5.74, 6) is 0.287. The van der Waals surface area contributed by atoms with Crippen molar-refractivity contribution in [2.45, 2.75) is 6.54 Å². The highest BCUT2D eigenvalue weighted by Gasteiger charge is 2.17. The van der Waals surface area contributed by atoms with Crippen LogP contribution in [0.1, 0.15) is 15.4 Å². The van der Waals surface area contributed by atoms with Crippen molar-refractivity contribution in [3.8, 4) is 0 Å². The Bertz CT molecular complexity index is 510. The van der Waals surface area contributed by atoms with E-state index in [-0.39, 0.29) is 10.0 Å². The molecule has 2 rings (SSSR count). The Labute approximate surface area is 106 Å². The van der Waals surface area contributed by atoms with E-state index in [1.165, 1.54) is 7.11 Å². The third-order valence-corrected chi connectivity index (χ3v) is 3.33. The molecular weight excluding hydrogens is 264 g/mol. The van der Waals surface area contributed by atoms with Crippen LogP contribution in [-0.4, -0.2) is 18.1 Å². The highest BCUT2D eigenvalue weighted by Crippen LogP contribution is 2.27. The number of thiazole rings is 1. The number of rotatable bonds is 4. The van der Waals surface area contributed by atoms with E-state index in [1.54, 1.807) is 12.3 Å². The van der Waals surface area contributed by atoms with Crippen LogP contribution in [-0.2, 0) is 11.3 Å². The summed E-state index contributed by atoms with van der Waals surface area (Å²) in [5, 5.41) is 3.70. The zero-order valence-electron chi connectivity index (χ0n) is 8.90. The number of esters is 1. The van der Waals surface area contributed by atoms with Crippen molar-refractivity contribution >= 4 is 34.0 Å². The summed E-state index contributed by atoms with van der Waals surface area (Å²) in [5.41, 5.74) is 0. The van der Waals surface area contributed by atoms with E-state index < -0.39 is 5.97 Å². The van der Waals surface area contributed by atoms with Gasteiger partial charge in [-0.05, 0) is 12.1 Å². The summed E-state index contributed by atoms with van der Waals surface area (Å²) >= 11 is 6.96. The Kier molecular flexibility index (Phi) is 3.65. The van der Waals surface area contributed by atoms with Crippen LogP contribution >= 0.6 is 22.9 Å². The highest BCUT2D eigenvalue weighted by atomic mass is 35.5. The zero-order chi connectivity index (χ0) is 12.3. The number of methoxy groups -OCH3 is 1. The number of carbonyl (C=O) groups is 1. The topological polar surface area (TPSA) is 64.4 Å². The number of anilines is 1. The van der Waals surface area contributed by atoms with Gasteiger partial charge in [0.2, 0.25) is 0 Å². The number of hydrogen-bond acceptors (Lipinski definition) is 6. The first-order valence-corrected chi connectivity index (χ1v) is 5.91. The Hall–Kier alpha value is -1.53. The fourth-order valence-electron chi connectivity index (χ4n) is 1.17.